The minimum absolute atomic E-state index is 0.214. The van der Waals surface area contributed by atoms with Crippen LogP contribution in [0.1, 0.15) is 51.4 Å². The number of primary amides is 1. The Morgan fingerprint density at radius 1 is 1.29 bits per heavy atom. The molecule has 98 valence electrons. The molecule has 2 amide bonds. The third kappa shape index (κ3) is 6.14. The molecular weight excluding hydrogens is 220 g/mol. The van der Waals surface area contributed by atoms with Gasteiger partial charge in [0.1, 0.15) is 0 Å². The van der Waals surface area contributed by atoms with E-state index in [9.17, 15) is 9.59 Å². The van der Waals surface area contributed by atoms with Gasteiger partial charge in [-0.05, 0) is 25.2 Å². The number of rotatable bonds is 6. The second-order valence-corrected chi connectivity index (χ2v) is 4.88. The van der Waals surface area contributed by atoms with Gasteiger partial charge in [0, 0.05) is 12.5 Å². The molecule has 0 aromatic carbocycles. The van der Waals surface area contributed by atoms with Crippen LogP contribution in [0, 0.1) is 5.92 Å². The molecule has 1 saturated carbocycles. The predicted molar refractivity (Wildman–Crippen MR) is 64.6 cm³/mol. The molecule has 0 heterocycles. The molecule has 0 saturated heterocycles. The molecule has 4 N–H and O–H groups in total. The molecule has 0 unspecified atom stereocenters. The number of amides is 2. The van der Waals surface area contributed by atoms with Gasteiger partial charge in [-0.3, -0.25) is 4.79 Å². The van der Waals surface area contributed by atoms with Gasteiger partial charge in [-0.1, -0.05) is 25.7 Å². The summed E-state index contributed by atoms with van der Waals surface area (Å²) in [6, 6.07) is -0.229. The minimum Gasteiger partial charge on any atom is -0.481 e. The van der Waals surface area contributed by atoms with Gasteiger partial charge in [0.05, 0.1) is 0 Å². The van der Waals surface area contributed by atoms with Crippen LogP contribution in [0.3, 0.4) is 0 Å². The summed E-state index contributed by atoms with van der Waals surface area (Å²) in [5.41, 5.74) is 5.11. The zero-order valence-corrected chi connectivity index (χ0v) is 10.2. The maximum absolute atomic E-state index is 10.8. The maximum Gasteiger partial charge on any atom is 0.312 e. The Morgan fingerprint density at radius 3 is 2.71 bits per heavy atom. The number of unbranched alkanes of at least 4 members (excludes halogenated alkanes) is 1. The Hall–Kier alpha value is -1.26. The predicted octanol–water partition coefficient (Wildman–Crippen LogP) is 1.86. The SMILES string of the molecule is NC(=O)N[C@H]1CCC[C@@H](CCCCC(=O)O)C1. The van der Waals surface area contributed by atoms with Gasteiger partial charge in [-0.15, -0.1) is 0 Å². The summed E-state index contributed by atoms with van der Waals surface area (Å²) in [6.45, 7) is 0. The molecular formula is C12H22N2O3. The molecule has 1 rings (SSSR count). The lowest BCUT2D eigenvalue weighted by Gasteiger charge is -2.29. The number of carboxylic acid groups (broad SMARTS) is 1. The van der Waals surface area contributed by atoms with Crippen molar-refractivity contribution >= 4 is 12.0 Å². The number of carbonyl (C=O) groups excluding carboxylic acids is 1. The molecule has 5 nitrogen and oxygen atoms in total. The summed E-state index contributed by atoms with van der Waals surface area (Å²) >= 11 is 0. The number of urea groups is 1. The molecule has 0 bridgehead atoms. The van der Waals surface area contributed by atoms with Crippen molar-refractivity contribution in [2.45, 2.75) is 57.4 Å². The van der Waals surface area contributed by atoms with Crippen molar-refractivity contribution in [3.05, 3.63) is 0 Å². The van der Waals surface area contributed by atoms with Crippen molar-refractivity contribution in [2.24, 2.45) is 11.7 Å². The first kappa shape index (κ1) is 13.8. The lowest BCUT2D eigenvalue weighted by molar-refractivity contribution is -0.137. The quantitative estimate of drug-likeness (QED) is 0.621. The van der Waals surface area contributed by atoms with Crippen LogP contribution >= 0.6 is 0 Å². The van der Waals surface area contributed by atoms with Gasteiger partial charge < -0.3 is 16.2 Å². The number of hydrogen-bond acceptors (Lipinski definition) is 2. The third-order valence-electron chi connectivity index (χ3n) is 3.38. The fourth-order valence-electron chi connectivity index (χ4n) is 2.59. The zero-order chi connectivity index (χ0) is 12.7. The van der Waals surface area contributed by atoms with E-state index in [0.29, 0.717) is 5.92 Å². The molecule has 5 heteroatoms. The Kier molecular flexibility index (Phi) is 5.80. The van der Waals surface area contributed by atoms with Crippen LogP contribution in [-0.4, -0.2) is 23.1 Å². The maximum atomic E-state index is 10.8. The van der Waals surface area contributed by atoms with Crippen molar-refractivity contribution in [1.29, 1.82) is 0 Å². The van der Waals surface area contributed by atoms with Crippen LogP contribution in [0.15, 0.2) is 0 Å². The molecule has 0 aliphatic heterocycles. The molecule has 0 aromatic rings. The van der Waals surface area contributed by atoms with Gasteiger partial charge in [0.25, 0.3) is 0 Å². The number of nitrogens with two attached hydrogens (primary N) is 1. The first-order chi connectivity index (χ1) is 8.08. The highest BCUT2D eigenvalue weighted by Crippen LogP contribution is 2.28. The number of hydrogen-bond donors (Lipinski definition) is 3. The molecule has 2 atom stereocenters. The molecule has 1 aliphatic carbocycles. The minimum atomic E-state index is -0.720. The van der Waals surface area contributed by atoms with Gasteiger partial charge in [-0.25, -0.2) is 4.79 Å². The van der Waals surface area contributed by atoms with E-state index in [-0.39, 0.29) is 12.5 Å². The van der Waals surface area contributed by atoms with Crippen molar-refractivity contribution in [3.63, 3.8) is 0 Å². The molecule has 1 aliphatic rings. The highest BCUT2D eigenvalue weighted by Gasteiger charge is 2.22. The Balaban J connectivity index is 2.16. The van der Waals surface area contributed by atoms with E-state index < -0.39 is 12.0 Å². The van der Waals surface area contributed by atoms with Crippen LogP contribution in [0.5, 0.6) is 0 Å². The van der Waals surface area contributed by atoms with E-state index in [1.807, 2.05) is 0 Å². The highest BCUT2D eigenvalue weighted by atomic mass is 16.4. The van der Waals surface area contributed by atoms with E-state index in [1.54, 1.807) is 0 Å². The van der Waals surface area contributed by atoms with Crippen LogP contribution < -0.4 is 11.1 Å². The first-order valence-corrected chi connectivity index (χ1v) is 6.35. The summed E-state index contributed by atoms with van der Waals surface area (Å²) in [6.07, 6.45) is 7.32. The first-order valence-electron chi connectivity index (χ1n) is 6.35. The summed E-state index contributed by atoms with van der Waals surface area (Å²) < 4.78 is 0. The van der Waals surface area contributed by atoms with Crippen molar-refractivity contribution in [1.82, 2.24) is 5.32 Å². The summed E-state index contributed by atoms with van der Waals surface area (Å²) in [5.74, 6) is -0.115. The van der Waals surface area contributed by atoms with E-state index >= 15 is 0 Å². The number of nitrogens with one attached hydrogen (secondary N) is 1. The molecule has 1 fully saturated rings. The molecule has 0 radical (unpaired) electrons. The van der Waals surface area contributed by atoms with Gasteiger partial charge in [0.15, 0.2) is 0 Å². The van der Waals surface area contributed by atoms with E-state index in [2.05, 4.69) is 5.32 Å². The van der Waals surface area contributed by atoms with Gasteiger partial charge >= 0.3 is 12.0 Å². The fraction of sp³-hybridized carbons (Fsp3) is 0.833. The largest absolute Gasteiger partial charge is 0.481 e. The summed E-state index contributed by atoms with van der Waals surface area (Å²) in [7, 11) is 0. The topological polar surface area (TPSA) is 92.4 Å². The Bertz CT molecular complexity index is 268. The highest BCUT2D eigenvalue weighted by molar-refractivity contribution is 5.71. The lowest BCUT2D eigenvalue weighted by atomic mass is 9.82. The number of aliphatic carboxylic acids is 1. The summed E-state index contributed by atoms with van der Waals surface area (Å²) in [5, 5.41) is 11.3. The van der Waals surface area contributed by atoms with Crippen LogP contribution in [0.2, 0.25) is 0 Å². The Morgan fingerprint density at radius 2 is 2.06 bits per heavy atom. The van der Waals surface area contributed by atoms with Crippen LogP contribution in [0.4, 0.5) is 4.79 Å². The third-order valence-corrected chi connectivity index (χ3v) is 3.38. The average Bonchev–Trinajstić information content (AvgIpc) is 2.24. The van der Waals surface area contributed by atoms with Gasteiger partial charge in [-0.2, -0.15) is 0 Å². The zero-order valence-electron chi connectivity index (χ0n) is 10.2. The molecule has 0 aromatic heterocycles. The van der Waals surface area contributed by atoms with E-state index in [4.69, 9.17) is 10.8 Å². The van der Waals surface area contributed by atoms with Crippen LogP contribution in [0.25, 0.3) is 0 Å². The second kappa shape index (κ2) is 7.14. The van der Waals surface area contributed by atoms with Gasteiger partial charge in [0.2, 0.25) is 0 Å². The van der Waals surface area contributed by atoms with Crippen molar-refractivity contribution in [3.8, 4) is 0 Å². The summed E-state index contributed by atoms with van der Waals surface area (Å²) in [4.78, 5) is 21.1. The average molecular weight is 242 g/mol. The monoisotopic (exact) mass is 242 g/mol. The smallest absolute Gasteiger partial charge is 0.312 e. The van der Waals surface area contributed by atoms with Crippen molar-refractivity contribution in [2.75, 3.05) is 0 Å². The van der Waals surface area contributed by atoms with Crippen LogP contribution in [-0.2, 0) is 4.79 Å². The van der Waals surface area contributed by atoms with E-state index in [1.165, 1.54) is 6.42 Å². The van der Waals surface area contributed by atoms with Crippen molar-refractivity contribution < 1.29 is 14.7 Å². The second-order valence-electron chi connectivity index (χ2n) is 4.88. The number of carboxylic acids is 1. The number of carbonyl (C=O) groups is 2. The fourth-order valence-corrected chi connectivity index (χ4v) is 2.59. The molecule has 0 spiro atoms. The van der Waals surface area contributed by atoms with E-state index in [0.717, 1.165) is 38.5 Å². The molecule has 17 heavy (non-hydrogen) atoms. The normalized spacial score (nSPS) is 24.2. The Labute approximate surface area is 102 Å². The lowest BCUT2D eigenvalue weighted by Crippen LogP contribution is -2.41. The standard InChI is InChI=1S/C12H22N2O3/c13-12(17)14-10-6-3-5-9(8-10)4-1-2-7-11(15)16/h9-10H,1-8H2,(H,15,16)(H3,13,14,17)/t9-,10+/m1/s1.